The molecule has 2 rings (SSSR count). The number of carbonyl (C=O) groups is 1. The summed E-state index contributed by atoms with van der Waals surface area (Å²) in [7, 11) is 0. The topological polar surface area (TPSA) is 60.7 Å². The molecule has 0 N–H and O–H groups in total. The Balaban J connectivity index is 1.95. The van der Waals surface area contributed by atoms with Crippen LogP contribution in [0.3, 0.4) is 0 Å². The fraction of sp³-hybridized carbons (Fsp3) is 0.200. The molecule has 1 heterocycles. The Kier molecular flexibility index (Phi) is 3.26. The van der Waals surface area contributed by atoms with E-state index in [0.717, 1.165) is 5.56 Å². The maximum atomic E-state index is 11.6. The SMILES string of the molecule is O=C(Cc1ccc(Cl)cc1)Cn1ncnn1. The molecule has 0 bridgehead atoms. The van der Waals surface area contributed by atoms with Crippen molar-refractivity contribution in [3.63, 3.8) is 0 Å². The fourth-order valence-corrected chi connectivity index (χ4v) is 1.43. The van der Waals surface area contributed by atoms with Gasteiger partial charge in [0.15, 0.2) is 12.1 Å². The van der Waals surface area contributed by atoms with Crippen LogP contribution in [0.1, 0.15) is 5.56 Å². The number of ketones is 1. The van der Waals surface area contributed by atoms with Crippen LogP contribution in [0.2, 0.25) is 5.02 Å². The highest BCUT2D eigenvalue weighted by molar-refractivity contribution is 6.30. The fourth-order valence-electron chi connectivity index (χ4n) is 1.30. The van der Waals surface area contributed by atoms with Crippen LogP contribution in [0, 0.1) is 0 Å². The third-order valence-corrected chi connectivity index (χ3v) is 2.28. The van der Waals surface area contributed by atoms with Gasteiger partial charge in [0.05, 0.1) is 0 Å². The van der Waals surface area contributed by atoms with Crippen molar-refractivity contribution < 1.29 is 4.79 Å². The largest absolute Gasteiger partial charge is 0.297 e. The second-order valence-corrected chi connectivity index (χ2v) is 3.74. The molecular formula is C10H9ClN4O. The van der Waals surface area contributed by atoms with Gasteiger partial charge >= 0.3 is 0 Å². The first-order valence-corrected chi connectivity index (χ1v) is 5.09. The summed E-state index contributed by atoms with van der Waals surface area (Å²) in [6, 6.07) is 7.18. The Morgan fingerprint density at radius 3 is 2.69 bits per heavy atom. The van der Waals surface area contributed by atoms with Crippen LogP contribution < -0.4 is 0 Å². The minimum Gasteiger partial charge on any atom is -0.297 e. The number of tetrazole rings is 1. The van der Waals surface area contributed by atoms with E-state index in [1.807, 2.05) is 12.1 Å². The predicted molar refractivity (Wildman–Crippen MR) is 58.0 cm³/mol. The Labute approximate surface area is 97.0 Å². The van der Waals surface area contributed by atoms with E-state index >= 15 is 0 Å². The van der Waals surface area contributed by atoms with E-state index in [1.54, 1.807) is 12.1 Å². The first kappa shape index (κ1) is 10.8. The number of hydrogen-bond donors (Lipinski definition) is 0. The van der Waals surface area contributed by atoms with E-state index in [4.69, 9.17) is 11.6 Å². The number of Topliss-reactive ketones (excluding diaryl/α,β-unsaturated/α-hetero) is 1. The maximum absolute atomic E-state index is 11.6. The molecule has 0 unspecified atom stereocenters. The number of nitrogens with zero attached hydrogens (tertiary/aromatic N) is 4. The number of halogens is 1. The lowest BCUT2D eigenvalue weighted by atomic mass is 10.1. The van der Waals surface area contributed by atoms with Gasteiger partial charge in [-0.1, -0.05) is 23.7 Å². The van der Waals surface area contributed by atoms with Crippen LogP contribution in [0.25, 0.3) is 0 Å². The third kappa shape index (κ3) is 2.87. The molecule has 0 saturated heterocycles. The highest BCUT2D eigenvalue weighted by Gasteiger charge is 2.05. The van der Waals surface area contributed by atoms with E-state index in [1.165, 1.54) is 11.1 Å². The zero-order valence-corrected chi connectivity index (χ0v) is 9.13. The number of hydrogen-bond acceptors (Lipinski definition) is 4. The van der Waals surface area contributed by atoms with Gasteiger partial charge in [0.1, 0.15) is 6.54 Å². The normalized spacial score (nSPS) is 10.3. The second-order valence-electron chi connectivity index (χ2n) is 3.31. The number of carbonyl (C=O) groups excluding carboxylic acids is 1. The molecule has 0 aliphatic carbocycles. The summed E-state index contributed by atoms with van der Waals surface area (Å²) in [5.41, 5.74) is 0.925. The summed E-state index contributed by atoms with van der Waals surface area (Å²) < 4.78 is 0. The lowest BCUT2D eigenvalue weighted by molar-refractivity contribution is -0.119. The lowest BCUT2D eigenvalue weighted by Gasteiger charge is -2.00. The van der Waals surface area contributed by atoms with E-state index in [-0.39, 0.29) is 12.3 Å². The van der Waals surface area contributed by atoms with Crippen LogP contribution in [0.5, 0.6) is 0 Å². The molecule has 0 radical (unpaired) electrons. The Morgan fingerprint density at radius 1 is 1.31 bits per heavy atom. The Bertz CT molecular complexity index is 466. The molecule has 0 saturated carbocycles. The molecule has 0 aliphatic rings. The van der Waals surface area contributed by atoms with Crippen molar-refractivity contribution >= 4 is 17.4 Å². The minimum atomic E-state index is 0.0281. The molecule has 1 aromatic carbocycles. The van der Waals surface area contributed by atoms with Crippen molar-refractivity contribution in [3.05, 3.63) is 41.2 Å². The molecular weight excluding hydrogens is 228 g/mol. The lowest BCUT2D eigenvalue weighted by Crippen LogP contribution is -2.14. The molecule has 6 heteroatoms. The monoisotopic (exact) mass is 236 g/mol. The van der Waals surface area contributed by atoms with Gasteiger partial charge in [0, 0.05) is 11.4 Å². The summed E-state index contributed by atoms with van der Waals surface area (Å²) in [4.78, 5) is 12.9. The van der Waals surface area contributed by atoms with Gasteiger partial charge in [-0.25, -0.2) is 0 Å². The van der Waals surface area contributed by atoms with Gasteiger partial charge in [-0.3, -0.25) is 4.79 Å². The molecule has 2 aromatic rings. The summed E-state index contributed by atoms with van der Waals surface area (Å²) >= 11 is 5.75. The Hall–Kier alpha value is -1.75. The van der Waals surface area contributed by atoms with Gasteiger partial charge in [-0.05, 0) is 22.9 Å². The van der Waals surface area contributed by atoms with Crippen molar-refractivity contribution in [3.8, 4) is 0 Å². The molecule has 1 aromatic heterocycles. The average Bonchev–Trinajstić information content (AvgIpc) is 2.74. The molecule has 0 aliphatic heterocycles. The molecule has 5 nitrogen and oxygen atoms in total. The van der Waals surface area contributed by atoms with E-state index in [9.17, 15) is 4.79 Å². The summed E-state index contributed by atoms with van der Waals surface area (Å²) in [5.74, 6) is 0.0281. The summed E-state index contributed by atoms with van der Waals surface area (Å²) in [6.07, 6.45) is 1.65. The van der Waals surface area contributed by atoms with E-state index < -0.39 is 0 Å². The van der Waals surface area contributed by atoms with Crippen molar-refractivity contribution in [1.82, 2.24) is 20.2 Å². The highest BCUT2D eigenvalue weighted by Crippen LogP contribution is 2.10. The van der Waals surface area contributed by atoms with Gasteiger partial charge in [-0.15, -0.1) is 10.2 Å². The van der Waals surface area contributed by atoms with Crippen molar-refractivity contribution in [2.45, 2.75) is 13.0 Å². The van der Waals surface area contributed by atoms with Crippen LogP contribution >= 0.6 is 11.6 Å². The second kappa shape index (κ2) is 4.85. The maximum Gasteiger partial charge on any atom is 0.162 e. The first-order chi connectivity index (χ1) is 7.74. The van der Waals surface area contributed by atoms with E-state index in [0.29, 0.717) is 11.4 Å². The van der Waals surface area contributed by atoms with Crippen LogP contribution in [-0.4, -0.2) is 26.0 Å². The minimum absolute atomic E-state index is 0.0281. The van der Waals surface area contributed by atoms with Crippen LogP contribution in [-0.2, 0) is 17.8 Å². The van der Waals surface area contributed by atoms with Gasteiger partial charge < -0.3 is 0 Å². The molecule has 0 spiro atoms. The van der Waals surface area contributed by atoms with Crippen molar-refractivity contribution in [2.75, 3.05) is 0 Å². The standard InChI is InChI=1S/C10H9ClN4O/c11-9-3-1-8(2-4-9)5-10(16)6-15-13-7-12-14-15/h1-4,7H,5-6H2. The molecule has 0 fully saturated rings. The van der Waals surface area contributed by atoms with Gasteiger partial charge in [-0.2, -0.15) is 4.80 Å². The first-order valence-electron chi connectivity index (χ1n) is 4.71. The zero-order valence-electron chi connectivity index (χ0n) is 8.38. The van der Waals surface area contributed by atoms with Crippen LogP contribution in [0.4, 0.5) is 0 Å². The smallest absolute Gasteiger partial charge is 0.162 e. The van der Waals surface area contributed by atoms with Crippen molar-refractivity contribution in [2.24, 2.45) is 0 Å². The van der Waals surface area contributed by atoms with Gasteiger partial charge in [0.2, 0.25) is 0 Å². The molecule has 0 atom stereocenters. The summed E-state index contributed by atoms with van der Waals surface area (Å²) in [6.45, 7) is 0.141. The highest BCUT2D eigenvalue weighted by atomic mass is 35.5. The number of benzene rings is 1. The number of aromatic nitrogens is 4. The van der Waals surface area contributed by atoms with Gasteiger partial charge in [0.25, 0.3) is 0 Å². The predicted octanol–water partition coefficient (Wildman–Crippen LogP) is 1.14. The third-order valence-electron chi connectivity index (χ3n) is 2.02. The molecule has 16 heavy (non-hydrogen) atoms. The van der Waals surface area contributed by atoms with Crippen LogP contribution in [0.15, 0.2) is 30.6 Å². The Morgan fingerprint density at radius 2 is 2.06 bits per heavy atom. The zero-order chi connectivity index (χ0) is 11.4. The quantitative estimate of drug-likeness (QED) is 0.799. The average molecular weight is 237 g/mol. The summed E-state index contributed by atoms with van der Waals surface area (Å²) in [5, 5.41) is 11.6. The number of rotatable bonds is 4. The molecule has 82 valence electrons. The molecule has 0 amide bonds. The van der Waals surface area contributed by atoms with Crippen molar-refractivity contribution in [1.29, 1.82) is 0 Å². The van der Waals surface area contributed by atoms with E-state index in [2.05, 4.69) is 15.4 Å².